The Morgan fingerprint density at radius 1 is 1.60 bits per heavy atom. The highest BCUT2D eigenvalue weighted by Gasteiger charge is 2.27. The summed E-state index contributed by atoms with van der Waals surface area (Å²) in [7, 11) is 0. The third kappa shape index (κ3) is 2.39. The first-order valence-electron chi connectivity index (χ1n) is 5.35. The maximum absolute atomic E-state index is 10.9. The number of hydrogen-bond donors (Lipinski definition) is 1. The number of nitrogens with one attached hydrogen (secondary N) is 1. The molecular weight excluding hydrogens is 194 g/mol. The van der Waals surface area contributed by atoms with Gasteiger partial charge in [-0.05, 0) is 25.0 Å². The van der Waals surface area contributed by atoms with Crippen molar-refractivity contribution in [2.75, 3.05) is 6.54 Å². The molecule has 0 saturated carbocycles. The molecule has 1 unspecified atom stereocenters. The topological polar surface area (TPSA) is 57.7 Å². The van der Waals surface area contributed by atoms with Crippen molar-refractivity contribution in [3.63, 3.8) is 0 Å². The highest BCUT2D eigenvalue weighted by Crippen LogP contribution is 2.04. The van der Waals surface area contributed by atoms with Gasteiger partial charge in [0, 0.05) is 6.42 Å². The molecule has 1 aromatic heterocycles. The molecule has 0 radical (unpaired) electrons. The van der Waals surface area contributed by atoms with Crippen LogP contribution in [-0.2, 0) is 11.3 Å². The molecule has 0 aromatic carbocycles. The summed E-state index contributed by atoms with van der Waals surface area (Å²) >= 11 is 0. The van der Waals surface area contributed by atoms with Crippen molar-refractivity contribution in [3.8, 4) is 0 Å². The van der Waals surface area contributed by atoms with Crippen LogP contribution >= 0.6 is 0 Å². The first-order valence-corrected chi connectivity index (χ1v) is 5.35. The minimum atomic E-state index is -0.934. The summed E-state index contributed by atoms with van der Waals surface area (Å²) in [5.74, 6) is -0.0885. The Bertz CT molecular complexity index is 321. The third-order valence-corrected chi connectivity index (χ3v) is 3.00. The monoisotopic (exact) mass is 209 g/mol. The van der Waals surface area contributed by atoms with Crippen molar-refractivity contribution >= 4 is 5.97 Å². The molecule has 4 nitrogen and oxygen atoms in total. The molecule has 2 heterocycles. The number of aliphatic carboxylic acids is 1. The van der Waals surface area contributed by atoms with E-state index in [1.165, 1.54) is 0 Å². The molecule has 1 aliphatic rings. The van der Waals surface area contributed by atoms with E-state index in [-0.39, 0.29) is 6.04 Å². The van der Waals surface area contributed by atoms with Gasteiger partial charge < -0.3 is 19.2 Å². The number of hydrogen-bond acceptors (Lipinski definition) is 3. The second-order valence-corrected chi connectivity index (χ2v) is 4.03. The van der Waals surface area contributed by atoms with Crippen LogP contribution in [0.25, 0.3) is 0 Å². The Balaban J connectivity index is 2.02. The van der Waals surface area contributed by atoms with Gasteiger partial charge in [0.2, 0.25) is 0 Å². The van der Waals surface area contributed by atoms with E-state index in [4.69, 9.17) is 4.42 Å². The third-order valence-electron chi connectivity index (χ3n) is 3.00. The Morgan fingerprint density at radius 3 is 3.13 bits per heavy atom. The summed E-state index contributed by atoms with van der Waals surface area (Å²) in [5.41, 5.74) is 0. The number of carboxylic acids is 1. The van der Waals surface area contributed by atoms with E-state index in [0.29, 0.717) is 6.54 Å². The van der Waals surface area contributed by atoms with Gasteiger partial charge in [-0.25, -0.2) is 0 Å². The average Bonchev–Trinajstić information content (AvgIpc) is 2.71. The summed E-state index contributed by atoms with van der Waals surface area (Å²) in [6, 6.07) is 3.34. The van der Waals surface area contributed by atoms with Gasteiger partial charge in [0.05, 0.1) is 18.8 Å². The average molecular weight is 209 g/mol. The number of carboxylic acid groups (broad SMARTS) is 1. The van der Waals surface area contributed by atoms with Gasteiger partial charge in [0.15, 0.2) is 5.76 Å². The fourth-order valence-electron chi connectivity index (χ4n) is 2.21. The van der Waals surface area contributed by atoms with Crippen molar-refractivity contribution in [1.82, 2.24) is 0 Å². The summed E-state index contributed by atoms with van der Waals surface area (Å²) in [6.45, 7) is 1.53. The van der Waals surface area contributed by atoms with E-state index in [2.05, 4.69) is 0 Å². The van der Waals surface area contributed by atoms with Crippen molar-refractivity contribution in [1.29, 1.82) is 0 Å². The molecule has 0 aliphatic carbocycles. The molecule has 4 heteroatoms. The summed E-state index contributed by atoms with van der Waals surface area (Å²) in [4.78, 5) is 12.0. The van der Waals surface area contributed by atoms with Crippen LogP contribution in [0.3, 0.4) is 0 Å². The summed E-state index contributed by atoms with van der Waals surface area (Å²) in [6.07, 6.45) is 4.41. The number of likely N-dealkylation sites (tertiary alicyclic amines) is 1. The van der Waals surface area contributed by atoms with Crippen molar-refractivity contribution in [3.05, 3.63) is 24.2 Å². The van der Waals surface area contributed by atoms with E-state index in [1.807, 2.05) is 12.1 Å². The van der Waals surface area contributed by atoms with Crippen LogP contribution in [-0.4, -0.2) is 18.6 Å². The Labute approximate surface area is 88.5 Å². The molecule has 2 atom stereocenters. The predicted molar refractivity (Wildman–Crippen MR) is 50.9 cm³/mol. The van der Waals surface area contributed by atoms with Crippen LogP contribution in [0.2, 0.25) is 0 Å². The molecule has 82 valence electrons. The van der Waals surface area contributed by atoms with Crippen molar-refractivity contribution < 1.29 is 19.2 Å². The van der Waals surface area contributed by atoms with E-state index >= 15 is 0 Å². The van der Waals surface area contributed by atoms with Crippen LogP contribution in [0, 0.1) is 0 Å². The summed E-state index contributed by atoms with van der Waals surface area (Å²) < 4.78 is 5.23. The lowest BCUT2D eigenvalue weighted by Crippen LogP contribution is -3.16. The SMILES string of the molecule is O=C([O-])[C@@H]1CCCC[NH+]1Cc1ccco1. The number of carbonyl (C=O) groups is 1. The number of quaternary nitrogens is 1. The molecular formula is C11H15NO3. The van der Waals surface area contributed by atoms with Crippen molar-refractivity contribution in [2.24, 2.45) is 0 Å². The molecule has 1 aromatic rings. The van der Waals surface area contributed by atoms with E-state index < -0.39 is 5.97 Å². The van der Waals surface area contributed by atoms with Gasteiger partial charge >= 0.3 is 0 Å². The van der Waals surface area contributed by atoms with E-state index in [1.54, 1.807) is 6.26 Å². The van der Waals surface area contributed by atoms with Crippen LogP contribution in [0.1, 0.15) is 25.0 Å². The normalized spacial score (nSPS) is 26.4. The van der Waals surface area contributed by atoms with Gasteiger partial charge in [0.25, 0.3) is 0 Å². The lowest BCUT2D eigenvalue weighted by Gasteiger charge is -2.32. The molecule has 0 spiro atoms. The lowest BCUT2D eigenvalue weighted by atomic mass is 10.0. The first-order chi connectivity index (χ1) is 7.27. The second-order valence-electron chi connectivity index (χ2n) is 4.03. The molecule has 0 amide bonds. The van der Waals surface area contributed by atoms with E-state index in [9.17, 15) is 9.90 Å². The minimum Gasteiger partial charge on any atom is -0.544 e. The zero-order valence-corrected chi connectivity index (χ0v) is 8.57. The quantitative estimate of drug-likeness (QED) is 0.692. The highest BCUT2D eigenvalue weighted by molar-refractivity contribution is 5.69. The number of furan rings is 1. The molecule has 1 aliphatic heterocycles. The van der Waals surface area contributed by atoms with E-state index in [0.717, 1.165) is 36.5 Å². The lowest BCUT2D eigenvalue weighted by molar-refractivity contribution is -0.938. The van der Waals surface area contributed by atoms with Crippen molar-refractivity contribution in [2.45, 2.75) is 31.8 Å². The zero-order chi connectivity index (χ0) is 10.7. The maximum atomic E-state index is 10.9. The number of rotatable bonds is 3. The summed E-state index contributed by atoms with van der Waals surface area (Å²) in [5, 5.41) is 10.9. The Morgan fingerprint density at radius 2 is 2.47 bits per heavy atom. The zero-order valence-electron chi connectivity index (χ0n) is 8.57. The first kappa shape index (κ1) is 10.2. The van der Waals surface area contributed by atoms with Gasteiger partial charge in [0.1, 0.15) is 12.6 Å². The Kier molecular flexibility index (Phi) is 3.06. The number of carbonyl (C=O) groups excluding carboxylic acids is 1. The molecule has 1 N–H and O–H groups in total. The largest absolute Gasteiger partial charge is 0.544 e. The predicted octanol–water partition coefficient (Wildman–Crippen LogP) is -1.03. The molecule has 0 bridgehead atoms. The van der Waals surface area contributed by atoms with Crippen LogP contribution < -0.4 is 10.0 Å². The molecule has 2 rings (SSSR count). The maximum Gasteiger partial charge on any atom is 0.157 e. The molecule has 1 saturated heterocycles. The van der Waals surface area contributed by atoms with Crippen LogP contribution in [0.15, 0.2) is 22.8 Å². The fraction of sp³-hybridized carbons (Fsp3) is 0.545. The standard InChI is InChI=1S/C11H15NO3/c13-11(14)10-5-1-2-6-12(10)8-9-4-3-7-15-9/h3-4,7,10H,1-2,5-6,8H2,(H,13,14)/t10-/m0/s1. The number of piperidine rings is 1. The smallest absolute Gasteiger partial charge is 0.157 e. The van der Waals surface area contributed by atoms with Gasteiger partial charge in [-0.1, -0.05) is 0 Å². The fourth-order valence-corrected chi connectivity index (χ4v) is 2.21. The molecule has 1 fully saturated rings. The Hall–Kier alpha value is -1.29. The van der Waals surface area contributed by atoms with Crippen LogP contribution in [0.5, 0.6) is 0 Å². The van der Waals surface area contributed by atoms with Crippen LogP contribution in [0.4, 0.5) is 0 Å². The van der Waals surface area contributed by atoms with Gasteiger partial charge in [-0.2, -0.15) is 0 Å². The van der Waals surface area contributed by atoms with Gasteiger partial charge in [-0.15, -0.1) is 0 Å². The molecule has 15 heavy (non-hydrogen) atoms. The highest BCUT2D eigenvalue weighted by atomic mass is 16.4. The second kappa shape index (κ2) is 4.49. The van der Waals surface area contributed by atoms with Gasteiger partial charge in [-0.3, -0.25) is 0 Å². The minimum absolute atomic E-state index is 0.371.